The molecule has 1 rings (SSSR count). The first-order chi connectivity index (χ1) is 8.04. The summed E-state index contributed by atoms with van der Waals surface area (Å²) in [6.45, 7) is 3.38. The maximum atomic E-state index is 12.0. The van der Waals surface area contributed by atoms with Crippen molar-refractivity contribution in [1.29, 1.82) is 0 Å². The molecular formula is C12H12BrNO3. The fourth-order valence-electron chi connectivity index (χ4n) is 1.31. The molecule has 0 heterocycles. The van der Waals surface area contributed by atoms with Crippen LogP contribution in [0.25, 0.3) is 0 Å². The highest BCUT2D eigenvalue weighted by atomic mass is 79.9. The zero-order valence-corrected chi connectivity index (χ0v) is 10.7. The molecule has 0 aliphatic heterocycles. The van der Waals surface area contributed by atoms with Crippen LogP contribution in [0.4, 0.5) is 0 Å². The lowest BCUT2D eigenvalue weighted by Gasteiger charge is -2.18. The van der Waals surface area contributed by atoms with E-state index < -0.39 is 5.97 Å². The van der Waals surface area contributed by atoms with Crippen LogP contribution in [0.5, 0.6) is 0 Å². The number of hydrogen-bond donors (Lipinski definition) is 1. The molecule has 0 radical (unpaired) electrons. The molecule has 1 N–H and O–H groups in total. The summed E-state index contributed by atoms with van der Waals surface area (Å²) in [7, 11) is 0. The fraction of sp³-hybridized carbons (Fsp3) is 0.167. The van der Waals surface area contributed by atoms with E-state index in [0.29, 0.717) is 5.56 Å². The highest BCUT2D eigenvalue weighted by Gasteiger charge is 2.16. The van der Waals surface area contributed by atoms with E-state index in [0.717, 1.165) is 4.47 Å². The van der Waals surface area contributed by atoms with Gasteiger partial charge in [-0.15, -0.1) is 6.58 Å². The van der Waals surface area contributed by atoms with E-state index in [1.165, 1.54) is 11.0 Å². The van der Waals surface area contributed by atoms with Crippen LogP contribution in [-0.4, -0.2) is 35.0 Å². The number of carbonyl (C=O) groups is 2. The average molecular weight is 298 g/mol. The van der Waals surface area contributed by atoms with Gasteiger partial charge in [-0.25, -0.2) is 0 Å². The largest absolute Gasteiger partial charge is 0.480 e. The molecule has 0 atom stereocenters. The minimum Gasteiger partial charge on any atom is -0.480 e. The Morgan fingerprint density at radius 3 is 2.41 bits per heavy atom. The molecule has 0 fully saturated rings. The van der Waals surface area contributed by atoms with Crippen LogP contribution in [-0.2, 0) is 4.79 Å². The smallest absolute Gasteiger partial charge is 0.323 e. The second-order valence-electron chi connectivity index (χ2n) is 3.37. The third-order valence-corrected chi connectivity index (χ3v) is 2.58. The SMILES string of the molecule is C=CCN(CC(=O)O)C(=O)c1ccc(Br)cc1. The molecule has 0 spiro atoms. The van der Waals surface area contributed by atoms with Crippen LogP contribution in [0.15, 0.2) is 41.4 Å². The normalized spacial score (nSPS) is 9.71. The first-order valence-corrected chi connectivity index (χ1v) is 5.71. The number of hydrogen-bond acceptors (Lipinski definition) is 2. The van der Waals surface area contributed by atoms with Gasteiger partial charge in [0.25, 0.3) is 5.91 Å². The molecule has 17 heavy (non-hydrogen) atoms. The summed E-state index contributed by atoms with van der Waals surface area (Å²) in [4.78, 5) is 23.8. The molecule has 0 aromatic heterocycles. The predicted molar refractivity (Wildman–Crippen MR) is 67.9 cm³/mol. The van der Waals surface area contributed by atoms with E-state index >= 15 is 0 Å². The number of amides is 1. The summed E-state index contributed by atoms with van der Waals surface area (Å²) in [6.07, 6.45) is 1.50. The second kappa shape index (κ2) is 6.20. The third kappa shape index (κ3) is 4.03. The maximum absolute atomic E-state index is 12.0. The number of benzene rings is 1. The van der Waals surface area contributed by atoms with Crippen LogP contribution in [0.2, 0.25) is 0 Å². The van der Waals surface area contributed by atoms with Crippen molar-refractivity contribution >= 4 is 27.8 Å². The van der Waals surface area contributed by atoms with E-state index in [4.69, 9.17) is 5.11 Å². The minimum absolute atomic E-state index is 0.210. The highest BCUT2D eigenvalue weighted by Crippen LogP contribution is 2.12. The van der Waals surface area contributed by atoms with Crippen molar-refractivity contribution in [3.8, 4) is 0 Å². The molecule has 0 aliphatic carbocycles. The highest BCUT2D eigenvalue weighted by molar-refractivity contribution is 9.10. The molecule has 0 unspecified atom stereocenters. The quantitative estimate of drug-likeness (QED) is 0.848. The van der Waals surface area contributed by atoms with E-state index in [1.807, 2.05) is 0 Å². The van der Waals surface area contributed by atoms with E-state index in [1.54, 1.807) is 24.3 Å². The molecule has 1 aromatic rings. The Morgan fingerprint density at radius 2 is 1.94 bits per heavy atom. The molecule has 0 saturated heterocycles. The van der Waals surface area contributed by atoms with Gasteiger partial charge in [-0.05, 0) is 24.3 Å². The first kappa shape index (κ1) is 13.4. The van der Waals surface area contributed by atoms with Gasteiger partial charge in [0.15, 0.2) is 0 Å². The maximum Gasteiger partial charge on any atom is 0.323 e. The summed E-state index contributed by atoms with van der Waals surface area (Å²) in [6, 6.07) is 6.76. The lowest BCUT2D eigenvalue weighted by atomic mass is 10.2. The second-order valence-corrected chi connectivity index (χ2v) is 4.29. The summed E-state index contributed by atoms with van der Waals surface area (Å²) in [5, 5.41) is 8.71. The number of carboxylic acids is 1. The topological polar surface area (TPSA) is 57.6 Å². The van der Waals surface area contributed by atoms with Gasteiger partial charge in [-0.2, -0.15) is 0 Å². The Bertz CT molecular complexity index is 428. The van der Waals surface area contributed by atoms with Crippen molar-refractivity contribution in [2.75, 3.05) is 13.1 Å². The average Bonchev–Trinajstić information content (AvgIpc) is 2.28. The lowest BCUT2D eigenvalue weighted by Crippen LogP contribution is -2.35. The van der Waals surface area contributed by atoms with Gasteiger partial charge < -0.3 is 10.0 Å². The van der Waals surface area contributed by atoms with Crippen LogP contribution in [0.1, 0.15) is 10.4 Å². The first-order valence-electron chi connectivity index (χ1n) is 4.92. The standard InChI is InChI=1S/C12H12BrNO3/c1-2-7-14(8-11(15)16)12(17)9-3-5-10(13)6-4-9/h2-6H,1,7-8H2,(H,15,16). The number of carboxylic acid groups (broad SMARTS) is 1. The van der Waals surface area contributed by atoms with Gasteiger partial charge in [0.1, 0.15) is 6.54 Å². The molecule has 1 amide bonds. The third-order valence-electron chi connectivity index (χ3n) is 2.05. The number of nitrogens with zero attached hydrogens (tertiary/aromatic N) is 1. The molecular weight excluding hydrogens is 286 g/mol. The van der Waals surface area contributed by atoms with E-state index in [9.17, 15) is 9.59 Å². The molecule has 5 heteroatoms. The number of carbonyl (C=O) groups excluding carboxylic acids is 1. The zero-order valence-electron chi connectivity index (χ0n) is 9.10. The van der Waals surface area contributed by atoms with E-state index in [-0.39, 0.29) is 19.0 Å². The predicted octanol–water partition coefficient (Wildman–Crippen LogP) is 2.16. The summed E-state index contributed by atoms with van der Waals surface area (Å²) < 4.78 is 0.863. The van der Waals surface area contributed by atoms with Crippen molar-refractivity contribution in [3.63, 3.8) is 0 Å². The summed E-state index contributed by atoms with van der Waals surface area (Å²) in [5.41, 5.74) is 0.455. The van der Waals surface area contributed by atoms with Crippen LogP contribution >= 0.6 is 15.9 Å². The number of rotatable bonds is 5. The Morgan fingerprint density at radius 1 is 1.35 bits per heavy atom. The minimum atomic E-state index is -1.04. The van der Waals surface area contributed by atoms with E-state index in [2.05, 4.69) is 22.5 Å². The Balaban J connectivity index is 2.86. The van der Waals surface area contributed by atoms with Crippen molar-refractivity contribution in [3.05, 3.63) is 47.0 Å². The van der Waals surface area contributed by atoms with Gasteiger partial charge in [-0.3, -0.25) is 9.59 Å². The Hall–Kier alpha value is -1.62. The van der Waals surface area contributed by atoms with Crippen LogP contribution in [0.3, 0.4) is 0 Å². The van der Waals surface area contributed by atoms with Gasteiger partial charge in [0.2, 0.25) is 0 Å². The Labute approximate surface area is 108 Å². The van der Waals surface area contributed by atoms with Gasteiger partial charge in [0, 0.05) is 16.6 Å². The molecule has 4 nitrogen and oxygen atoms in total. The zero-order chi connectivity index (χ0) is 12.8. The van der Waals surface area contributed by atoms with Crippen LogP contribution < -0.4 is 0 Å². The fourth-order valence-corrected chi connectivity index (χ4v) is 1.58. The van der Waals surface area contributed by atoms with Gasteiger partial charge >= 0.3 is 5.97 Å². The Kier molecular flexibility index (Phi) is 4.90. The van der Waals surface area contributed by atoms with Crippen LogP contribution in [0, 0.1) is 0 Å². The lowest BCUT2D eigenvalue weighted by molar-refractivity contribution is -0.137. The monoisotopic (exact) mass is 297 g/mol. The molecule has 1 aromatic carbocycles. The van der Waals surface area contributed by atoms with Gasteiger partial charge in [0.05, 0.1) is 0 Å². The molecule has 0 saturated carbocycles. The summed E-state index contributed by atoms with van der Waals surface area (Å²) in [5.74, 6) is -1.36. The van der Waals surface area contributed by atoms with Crippen molar-refractivity contribution < 1.29 is 14.7 Å². The summed E-state index contributed by atoms with van der Waals surface area (Å²) >= 11 is 3.27. The number of aliphatic carboxylic acids is 1. The van der Waals surface area contributed by atoms with Crippen molar-refractivity contribution in [2.45, 2.75) is 0 Å². The van der Waals surface area contributed by atoms with Gasteiger partial charge in [-0.1, -0.05) is 22.0 Å². The molecule has 0 bridgehead atoms. The molecule has 90 valence electrons. The van der Waals surface area contributed by atoms with Crippen molar-refractivity contribution in [2.24, 2.45) is 0 Å². The molecule has 0 aliphatic rings. The van der Waals surface area contributed by atoms with Crippen molar-refractivity contribution in [1.82, 2.24) is 4.90 Å². The number of halogens is 1.